The van der Waals surface area contributed by atoms with E-state index in [2.05, 4.69) is 6.92 Å². The number of rotatable bonds is 2. The third-order valence-corrected chi connectivity index (χ3v) is 4.93. The lowest BCUT2D eigenvalue weighted by Crippen LogP contribution is -2.41. The van der Waals surface area contributed by atoms with Crippen molar-refractivity contribution in [3.63, 3.8) is 0 Å². The number of aliphatic hydroxyl groups is 1. The predicted molar refractivity (Wildman–Crippen MR) is 74.5 cm³/mol. The van der Waals surface area contributed by atoms with Gasteiger partial charge in [-0.25, -0.2) is 0 Å². The van der Waals surface area contributed by atoms with Crippen molar-refractivity contribution in [2.24, 2.45) is 23.7 Å². The van der Waals surface area contributed by atoms with Crippen LogP contribution in [0.2, 0.25) is 0 Å². The summed E-state index contributed by atoms with van der Waals surface area (Å²) in [7, 11) is 0. The molecule has 1 aromatic rings. The maximum absolute atomic E-state index is 12.4. The van der Waals surface area contributed by atoms with E-state index in [0.717, 1.165) is 18.4 Å². The fourth-order valence-electron chi connectivity index (χ4n) is 4.24. The van der Waals surface area contributed by atoms with Crippen molar-refractivity contribution in [1.82, 2.24) is 0 Å². The molecule has 2 fully saturated rings. The Morgan fingerprint density at radius 3 is 2.63 bits per heavy atom. The van der Waals surface area contributed by atoms with Gasteiger partial charge in [0.05, 0.1) is 12.0 Å². The summed E-state index contributed by atoms with van der Waals surface area (Å²) in [5, 5.41) is 10.6. The molecule has 3 unspecified atom stereocenters. The third kappa shape index (κ3) is 2.46. The first-order valence-corrected chi connectivity index (χ1v) is 7.41. The smallest absolute Gasteiger partial charge is 0.139 e. The maximum atomic E-state index is 12.4. The molecular formula is C17H22O2. The van der Waals surface area contributed by atoms with E-state index in [1.165, 1.54) is 6.42 Å². The zero-order valence-electron chi connectivity index (χ0n) is 11.5. The van der Waals surface area contributed by atoms with E-state index in [0.29, 0.717) is 24.2 Å². The Kier molecular flexibility index (Phi) is 3.44. The molecule has 102 valence electrons. The van der Waals surface area contributed by atoms with E-state index in [1.807, 2.05) is 30.3 Å². The van der Waals surface area contributed by atoms with Gasteiger partial charge in [0.1, 0.15) is 5.78 Å². The molecule has 0 spiro atoms. The van der Waals surface area contributed by atoms with Gasteiger partial charge in [0.15, 0.2) is 0 Å². The highest BCUT2D eigenvalue weighted by atomic mass is 16.3. The summed E-state index contributed by atoms with van der Waals surface area (Å²) in [6.45, 7) is 2.28. The Morgan fingerprint density at radius 2 is 1.89 bits per heavy atom. The van der Waals surface area contributed by atoms with Crippen LogP contribution in [0.25, 0.3) is 0 Å². The second-order valence-corrected chi connectivity index (χ2v) is 6.49. The molecule has 2 bridgehead atoms. The first-order chi connectivity index (χ1) is 9.15. The highest BCUT2D eigenvalue weighted by Crippen LogP contribution is 2.47. The fourth-order valence-corrected chi connectivity index (χ4v) is 4.24. The van der Waals surface area contributed by atoms with Crippen molar-refractivity contribution >= 4 is 5.78 Å². The molecule has 0 radical (unpaired) electrons. The summed E-state index contributed by atoms with van der Waals surface area (Å²) in [5.74, 6) is 1.75. The zero-order chi connectivity index (χ0) is 13.4. The largest absolute Gasteiger partial charge is 0.388 e. The van der Waals surface area contributed by atoms with E-state index in [1.54, 1.807) is 0 Å². The van der Waals surface area contributed by atoms with Crippen molar-refractivity contribution in [2.75, 3.05) is 0 Å². The number of fused-ring (bicyclic) bond motifs is 2. The lowest BCUT2D eigenvalue weighted by Gasteiger charge is -2.43. The molecule has 1 aromatic carbocycles. The van der Waals surface area contributed by atoms with Crippen molar-refractivity contribution in [3.05, 3.63) is 35.9 Å². The molecule has 2 nitrogen and oxygen atoms in total. The minimum atomic E-state index is -0.620. The second kappa shape index (κ2) is 5.09. The van der Waals surface area contributed by atoms with Crippen LogP contribution in [0.15, 0.2) is 30.3 Å². The van der Waals surface area contributed by atoms with Crippen LogP contribution in [0.1, 0.15) is 44.3 Å². The van der Waals surface area contributed by atoms with Gasteiger partial charge in [-0.15, -0.1) is 0 Å². The Labute approximate surface area is 114 Å². The van der Waals surface area contributed by atoms with E-state index in [4.69, 9.17) is 0 Å². The lowest BCUT2D eigenvalue weighted by atomic mass is 9.61. The Bertz CT molecular complexity index is 452. The van der Waals surface area contributed by atoms with E-state index >= 15 is 0 Å². The molecule has 3 rings (SSSR count). The van der Waals surface area contributed by atoms with Crippen LogP contribution < -0.4 is 0 Å². The Balaban J connectivity index is 1.84. The predicted octanol–water partition coefficient (Wildman–Crippen LogP) is 3.36. The first kappa shape index (κ1) is 12.9. The van der Waals surface area contributed by atoms with Gasteiger partial charge in [-0.3, -0.25) is 4.79 Å². The first-order valence-electron chi connectivity index (χ1n) is 7.41. The minimum Gasteiger partial charge on any atom is -0.388 e. The number of hydrogen-bond donors (Lipinski definition) is 1. The second-order valence-electron chi connectivity index (χ2n) is 6.49. The SMILES string of the molecule is C[C@@H]1CC2CC(=O)C([C@H](O)c3ccccc3)C(C2)C1. The van der Waals surface area contributed by atoms with Gasteiger partial charge < -0.3 is 5.11 Å². The van der Waals surface area contributed by atoms with Crippen LogP contribution in [0.4, 0.5) is 0 Å². The average molecular weight is 258 g/mol. The Hall–Kier alpha value is -1.15. The number of Topliss-reactive ketones (excluding diaryl/α,β-unsaturated/α-hetero) is 1. The van der Waals surface area contributed by atoms with Gasteiger partial charge in [-0.05, 0) is 42.6 Å². The van der Waals surface area contributed by atoms with Crippen LogP contribution in [0, 0.1) is 23.7 Å². The standard InChI is InChI=1S/C17H22O2/c1-11-7-12-9-14(8-11)16(15(18)10-12)17(19)13-5-3-2-4-6-13/h2-6,11-12,14,16-17,19H,7-10H2,1H3/t11-,12?,14?,16?,17-/m1/s1. The van der Waals surface area contributed by atoms with Crippen LogP contribution in [-0.2, 0) is 4.79 Å². The van der Waals surface area contributed by atoms with Crippen molar-refractivity contribution < 1.29 is 9.90 Å². The number of hydrogen-bond acceptors (Lipinski definition) is 2. The molecule has 1 N–H and O–H groups in total. The van der Waals surface area contributed by atoms with Gasteiger partial charge >= 0.3 is 0 Å². The highest BCUT2D eigenvalue weighted by molar-refractivity contribution is 5.83. The summed E-state index contributed by atoms with van der Waals surface area (Å²) in [5.41, 5.74) is 0.887. The van der Waals surface area contributed by atoms with Crippen LogP contribution in [-0.4, -0.2) is 10.9 Å². The molecule has 2 aliphatic carbocycles. The van der Waals surface area contributed by atoms with Crippen LogP contribution in [0.5, 0.6) is 0 Å². The lowest BCUT2D eigenvalue weighted by molar-refractivity contribution is -0.136. The Morgan fingerprint density at radius 1 is 1.16 bits per heavy atom. The summed E-state index contributed by atoms with van der Waals surface area (Å²) in [6.07, 6.45) is 3.47. The quantitative estimate of drug-likeness (QED) is 0.883. The molecule has 2 aliphatic rings. The fraction of sp³-hybridized carbons (Fsp3) is 0.588. The molecule has 0 aliphatic heterocycles. The third-order valence-electron chi connectivity index (χ3n) is 4.93. The number of benzene rings is 1. The van der Waals surface area contributed by atoms with Gasteiger partial charge in [0.2, 0.25) is 0 Å². The molecule has 0 saturated heterocycles. The number of carbonyl (C=O) groups excluding carboxylic acids is 1. The molecule has 5 atom stereocenters. The summed E-state index contributed by atoms with van der Waals surface area (Å²) >= 11 is 0. The molecule has 0 heterocycles. The normalized spacial score (nSPS) is 36.0. The molecule has 0 amide bonds. The van der Waals surface area contributed by atoms with E-state index in [9.17, 15) is 9.90 Å². The van der Waals surface area contributed by atoms with Gasteiger partial charge in [-0.1, -0.05) is 37.3 Å². The van der Waals surface area contributed by atoms with E-state index in [-0.39, 0.29) is 11.7 Å². The summed E-state index contributed by atoms with van der Waals surface area (Å²) in [4.78, 5) is 12.4. The summed E-state index contributed by atoms with van der Waals surface area (Å²) in [6, 6.07) is 9.65. The van der Waals surface area contributed by atoms with Crippen molar-refractivity contribution in [2.45, 2.75) is 38.7 Å². The maximum Gasteiger partial charge on any atom is 0.139 e. The van der Waals surface area contributed by atoms with Gasteiger partial charge in [0.25, 0.3) is 0 Å². The molecular weight excluding hydrogens is 236 g/mol. The summed E-state index contributed by atoms with van der Waals surface area (Å²) < 4.78 is 0. The number of aliphatic hydroxyl groups excluding tert-OH is 1. The topological polar surface area (TPSA) is 37.3 Å². The molecule has 19 heavy (non-hydrogen) atoms. The average Bonchev–Trinajstić information content (AvgIpc) is 2.38. The van der Waals surface area contributed by atoms with Gasteiger partial charge in [-0.2, -0.15) is 0 Å². The number of ketones is 1. The van der Waals surface area contributed by atoms with Crippen molar-refractivity contribution in [3.8, 4) is 0 Å². The van der Waals surface area contributed by atoms with Crippen molar-refractivity contribution in [1.29, 1.82) is 0 Å². The molecule has 0 aromatic heterocycles. The molecule has 2 saturated carbocycles. The minimum absolute atomic E-state index is 0.179. The van der Waals surface area contributed by atoms with Crippen LogP contribution >= 0.6 is 0 Å². The van der Waals surface area contributed by atoms with Gasteiger partial charge in [0, 0.05) is 6.42 Å². The van der Waals surface area contributed by atoms with E-state index < -0.39 is 6.10 Å². The number of carbonyl (C=O) groups is 1. The van der Waals surface area contributed by atoms with Crippen LogP contribution in [0.3, 0.4) is 0 Å². The zero-order valence-corrected chi connectivity index (χ0v) is 11.5. The monoisotopic (exact) mass is 258 g/mol. The highest BCUT2D eigenvalue weighted by Gasteiger charge is 2.44. The molecule has 2 heteroatoms.